The van der Waals surface area contributed by atoms with E-state index >= 15 is 0 Å². The van der Waals surface area contributed by atoms with Crippen LogP contribution in [0.3, 0.4) is 0 Å². The van der Waals surface area contributed by atoms with Crippen LogP contribution in [0.4, 0.5) is 4.79 Å². The summed E-state index contributed by atoms with van der Waals surface area (Å²) in [6.45, 7) is 11.0. The van der Waals surface area contributed by atoms with Crippen LogP contribution in [-0.2, 0) is 9.59 Å². The van der Waals surface area contributed by atoms with E-state index in [9.17, 15) is 19.5 Å². The molecule has 0 aliphatic carbocycles. The maximum absolute atomic E-state index is 13.0. The molecule has 0 saturated carbocycles. The summed E-state index contributed by atoms with van der Waals surface area (Å²) in [5.74, 6) is -0.997. The van der Waals surface area contributed by atoms with Crippen molar-refractivity contribution in [3.8, 4) is 11.8 Å². The summed E-state index contributed by atoms with van der Waals surface area (Å²) in [5.41, 5.74) is 0. The van der Waals surface area contributed by atoms with E-state index in [4.69, 9.17) is 10.00 Å². The zero-order chi connectivity index (χ0) is 25.8. The third-order valence-electron chi connectivity index (χ3n) is 5.24. The third kappa shape index (κ3) is 9.79. The first kappa shape index (κ1) is 28.9. The number of carbonyl (C=O) groups is 3. The highest BCUT2D eigenvalue weighted by atomic mass is 16.6. The van der Waals surface area contributed by atoms with Crippen molar-refractivity contribution in [2.45, 2.75) is 78.6 Å². The Hall–Kier alpha value is -3.12. The molecule has 0 aliphatic rings. The number of amides is 3. The van der Waals surface area contributed by atoms with E-state index in [1.54, 1.807) is 58.0 Å². The zero-order valence-electron chi connectivity index (χ0n) is 20.9. The van der Waals surface area contributed by atoms with Crippen molar-refractivity contribution < 1.29 is 24.2 Å². The molecule has 0 fully saturated rings. The lowest BCUT2D eigenvalue weighted by atomic mass is 9.95. The molecule has 9 heteroatoms. The Bertz CT molecular complexity index is 835. The van der Waals surface area contributed by atoms with Crippen molar-refractivity contribution in [1.82, 2.24) is 16.0 Å². The largest absolute Gasteiger partial charge is 0.413 e. The average Bonchev–Trinajstić information content (AvgIpc) is 2.75. The number of rotatable bonds is 12. The number of carbonyl (C=O) groups excluding carboxylic acids is 3. The topological polar surface area (TPSA) is 141 Å². The molecule has 4 N–H and O–H groups in total. The van der Waals surface area contributed by atoms with Crippen LogP contribution in [0.5, 0.6) is 5.75 Å². The molecule has 9 nitrogen and oxygen atoms in total. The fourth-order valence-electron chi connectivity index (χ4n) is 3.39. The molecule has 4 atom stereocenters. The molecule has 1 aromatic rings. The summed E-state index contributed by atoms with van der Waals surface area (Å²) in [5, 5.41) is 27.3. The molecule has 0 aromatic heterocycles. The number of nitrogens with one attached hydrogen (secondary N) is 3. The molecular weight excluding hydrogens is 436 g/mol. The van der Waals surface area contributed by atoms with Gasteiger partial charge in [-0.3, -0.25) is 9.59 Å². The zero-order valence-corrected chi connectivity index (χ0v) is 20.9. The second-order valence-corrected chi connectivity index (χ2v) is 9.47. The van der Waals surface area contributed by atoms with Crippen molar-refractivity contribution in [2.75, 3.05) is 0 Å². The lowest BCUT2D eigenvalue weighted by Crippen LogP contribution is -2.59. The highest BCUT2D eigenvalue weighted by Gasteiger charge is 2.32. The number of benzene rings is 1. The quantitative estimate of drug-likeness (QED) is 0.367. The van der Waals surface area contributed by atoms with Gasteiger partial charge in [0, 0.05) is 0 Å². The maximum atomic E-state index is 13.0. The van der Waals surface area contributed by atoms with Gasteiger partial charge < -0.3 is 25.8 Å². The van der Waals surface area contributed by atoms with Crippen LogP contribution in [0.1, 0.15) is 54.4 Å². The molecule has 0 aliphatic heterocycles. The summed E-state index contributed by atoms with van der Waals surface area (Å²) in [7, 11) is 0. The van der Waals surface area contributed by atoms with Gasteiger partial charge in [-0.2, -0.15) is 5.26 Å². The molecule has 0 heterocycles. The maximum Gasteiger partial charge on any atom is 0.413 e. The summed E-state index contributed by atoms with van der Waals surface area (Å²) in [4.78, 5) is 38.4. The second kappa shape index (κ2) is 14.2. The first-order valence-corrected chi connectivity index (χ1v) is 11.6. The Balaban J connectivity index is 2.90. The van der Waals surface area contributed by atoms with Gasteiger partial charge >= 0.3 is 6.09 Å². The van der Waals surface area contributed by atoms with Gasteiger partial charge in [-0.15, -0.1) is 0 Å². The van der Waals surface area contributed by atoms with Crippen molar-refractivity contribution in [3.63, 3.8) is 0 Å². The molecule has 188 valence electrons. The average molecular weight is 475 g/mol. The van der Waals surface area contributed by atoms with E-state index in [-0.39, 0.29) is 24.2 Å². The predicted molar refractivity (Wildman–Crippen MR) is 129 cm³/mol. The Morgan fingerprint density at radius 2 is 1.44 bits per heavy atom. The molecule has 1 rings (SSSR count). The SMILES string of the molecule is CC(C)C[C@H](NC(=O)C(NC(=O)C(NC(=O)Oc1ccccc1)C(C)C)C(C)C)[C@@H](O)CC#N. The van der Waals surface area contributed by atoms with Crippen LogP contribution >= 0.6 is 0 Å². The molecule has 3 amide bonds. The number of aliphatic hydroxyl groups excluding tert-OH is 1. The number of ether oxygens (including phenoxy) is 1. The van der Waals surface area contributed by atoms with Gasteiger partial charge in [0.2, 0.25) is 11.8 Å². The Labute approximate surface area is 202 Å². The smallest absolute Gasteiger partial charge is 0.410 e. The standard InChI is InChI=1S/C25H38N4O5/c1-15(2)14-19(20(30)12-13-26)27-23(31)21(16(3)4)28-24(32)22(17(5)6)29-25(33)34-18-10-8-7-9-11-18/h7-11,15-17,19-22,30H,12,14H2,1-6H3,(H,27,31)(H,28,32)(H,29,33)/t19-,20-,21?,22?/m0/s1. The van der Waals surface area contributed by atoms with Gasteiger partial charge in [-0.1, -0.05) is 59.7 Å². The monoisotopic (exact) mass is 474 g/mol. The second-order valence-electron chi connectivity index (χ2n) is 9.47. The summed E-state index contributed by atoms with van der Waals surface area (Å²) >= 11 is 0. The van der Waals surface area contributed by atoms with Crippen molar-refractivity contribution in [1.29, 1.82) is 5.26 Å². The van der Waals surface area contributed by atoms with Crippen LogP contribution in [0.15, 0.2) is 30.3 Å². The first-order valence-electron chi connectivity index (χ1n) is 11.6. The minimum absolute atomic E-state index is 0.112. The summed E-state index contributed by atoms with van der Waals surface area (Å²) in [6, 6.07) is 7.95. The lowest BCUT2D eigenvalue weighted by Gasteiger charge is -2.30. The normalized spacial score (nSPS) is 14.6. The number of nitrogens with zero attached hydrogens (tertiary/aromatic N) is 1. The Morgan fingerprint density at radius 3 is 1.94 bits per heavy atom. The molecule has 0 spiro atoms. The van der Waals surface area contributed by atoms with Crippen molar-refractivity contribution in [3.05, 3.63) is 30.3 Å². The van der Waals surface area contributed by atoms with Gasteiger partial charge in [0.1, 0.15) is 17.8 Å². The number of para-hydroxylation sites is 1. The molecule has 0 saturated heterocycles. The summed E-state index contributed by atoms with van der Waals surface area (Å²) < 4.78 is 5.22. The fraction of sp³-hybridized carbons (Fsp3) is 0.600. The minimum atomic E-state index is -1.02. The van der Waals surface area contributed by atoms with Gasteiger partial charge in [-0.05, 0) is 36.3 Å². The fourth-order valence-corrected chi connectivity index (χ4v) is 3.39. The third-order valence-corrected chi connectivity index (χ3v) is 5.24. The Kier molecular flexibility index (Phi) is 12.1. The molecule has 2 unspecified atom stereocenters. The van der Waals surface area contributed by atoms with Crippen LogP contribution in [0.2, 0.25) is 0 Å². The molecule has 0 radical (unpaired) electrons. The van der Waals surface area contributed by atoms with Crippen LogP contribution < -0.4 is 20.7 Å². The van der Waals surface area contributed by atoms with E-state index in [1.807, 2.05) is 19.9 Å². The van der Waals surface area contributed by atoms with Gasteiger partial charge in [0.25, 0.3) is 0 Å². The Morgan fingerprint density at radius 1 is 0.912 bits per heavy atom. The van der Waals surface area contributed by atoms with Crippen LogP contribution in [-0.4, -0.2) is 47.2 Å². The number of nitriles is 1. The van der Waals surface area contributed by atoms with E-state index in [0.29, 0.717) is 12.2 Å². The number of hydrogen-bond acceptors (Lipinski definition) is 6. The van der Waals surface area contributed by atoms with Crippen molar-refractivity contribution in [2.24, 2.45) is 17.8 Å². The van der Waals surface area contributed by atoms with Crippen LogP contribution in [0, 0.1) is 29.1 Å². The summed E-state index contributed by atoms with van der Waals surface area (Å²) in [6.07, 6.45) is -1.42. The van der Waals surface area contributed by atoms with Gasteiger partial charge in [-0.25, -0.2) is 4.79 Å². The molecule has 1 aromatic carbocycles. The highest BCUT2D eigenvalue weighted by Crippen LogP contribution is 2.13. The number of hydrogen-bond donors (Lipinski definition) is 4. The van der Waals surface area contributed by atoms with Crippen molar-refractivity contribution >= 4 is 17.9 Å². The van der Waals surface area contributed by atoms with E-state index in [2.05, 4.69) is 16.0 Å². The molecule has 0 bridgehead atoms. The lowest BCUT2D eigenvalue weighted by molar-refractivity contribution is -0.132. The minimum Gasteiger partial charge on any atom is -0.410 e. The van der Waals surface area contributed by atoms with Gasteiger partial charge in [0.05, 0.1) is 24.6 Å². The van der Waals surface area contributed by atoms with E-state index < -0.39 is 42.1 Å². The van der Waals surface area contributed by atoms with Crippen LogP contribution in [0.25, 0.3) is 0 Å². The molecular formula is C25H38N4O5. The van der Waals surface area contributed by atoms with Gasteiger partial charge in [0.15, 0.2) is 0 Å². The molecule has 34 heavy (non-hydrogen) atoms. The number of aliphatic hydroxyl groups is 1. The predicted octanol–water partition coefficient (Wildman–Crippen LogP) is 2.75. The first-order chi connectivity index (χ1) is 16.0. The van der Waals surface area contributed by atoms with E-state index in [0.717, 1.165) is 0 Å². The highest BCUT2D eigenvalue weighted by molar-refractivity contribution is 5.91. The van der Waals surface area contributed by atoms with E-state index in [1.165, 1.54) is 0 Å².